The van der Waals surface area contributed by atoms with Crippen molar-refractivity contribution in [3.63, 3.8) is 0 Å². The Bertz CT molecular complexity index is 555. The zero-order valence-corrected chi connectivity index (χ0v) is 12.8. The van der Waals surface area contributed by atoms with Gasteiger partial charge in [0.2, 0.25) is 0 Å². The molecule has 120 valence electrons. The molecule has 0 bridgehead atoms. The molecule has 1 amide bonds. The fraction of sp³-hybridized carbons (Fsp3) is 0.467. The van der Waals surface area contributed by atoms with Gasteiger partial charge in [0.25, 0.3) is 5.91 Å². The zero-order valence-electron chi connectivity index (χ0n) is 12.0. The number of amides is 1. The Balaban J connectivity index is 2.03. The van der Waals surface area contributed by atoms with Crippen LogP contribution < -0.4 is 0 Å². The fourth-order valence-electron chi connectivity index (χ4n) is 2.27. The molecule has 1 fully saturated rings. The minimum absolute atomic E-state index is 0.0945. The third-order valence-corrected chi connectivity index (χ3v) is 4.42. The first-order chi connectivity index (χ1) is 10.6. The minimum Gasteiger partial charge on any atom is -0.339 e. The summed E-state index contributed by atoms with van der Waals surface area (Å²) in [7, 11) is 0. The van der Waals surface area contributed by atoms with Crippen LogP contribution in [0.25, 0.3) is 0 Å². The Morgan fingerprint density at radius 3 is 2.64 bits per heavy atom. The monoisotopic (exact) mass is 330 g/mol. The van der Waals surface area contributed by atoms with Gasteiger partial charge in [-0.1, -0.05) is 0 Å². The van der Waals surface area contributed by atoms with E-state index in [1.807, 2.05) is 0 Å². The first-order valence-corrected chi connectivity index (χ1v) is 8.15. The van der Waals surface area contributed by atoms with E-state index in [2.05, 4.69) is 4.98 Å². The van der Waals surface area contributed by atoms with Crippen LogP contribution in [0.4, 0.5) is 13.2 Å². The van der Waals surface area contributed by atoms with E-state index < -0.39 is 11.9 Å². The van der Waals surface area contributed by atoms with E-state index in [0.717, 1.165) is 44.1 Å². The van der Waals surface area contributed by atoms with Crippen molar-refractivity contribution in [3.05, 3.63) is 35.8 Å². The topological polar surface area (TPSA) is 33.2 Å². The molecule has 0 unspecified atom stereocenters. The van der Waals surface area contributed by atoms with E-state index in [1.54, 1.807) is 17.0 Å². The maximum atomic E-state index is 12.8. The van der Waals surface area contributed by atoms with E-state index in [4.69, 9.17) is 0 Å². The average Bonchev–Trinajstić information content (AvgIpc) is 2.55. The van der Waals surface area contributed by atoms with Crippen LogP contribution in [0, 0.1) is 0 Å². The van der Waals surface area contributed by atoms with E-state index in [9.17, 15) is 18.0 Å². The normalized spacial score (nSPS) is 14.8. The number of carbonyl (C=O) groups is 1. The Kier molecular flexibility index (Phi) is 6.30. The molecule has 0 spiro atoms. The number of rotatable bonds is 5. The number of pyridine rings is 1. The van der Waals surface area contributed by atoms with Gasteiger partial charge < -0.3 is 4.90 Å². The van der Waals surface area contributed by atoms with Crippen molar-refractivity contribution >= 4 is 17.7 Å². The molecule has 1 aromatic heterocycles. The number of piperidine rings is 1. The van der Waals surface area contributed by atoms with E-state index in [-0.39, 0.29) is 18.1 Å². The highest BCUT2D eigenvalue weighted by atomic mass is 32.2. The highest BCUT2D eigenvalue weighted by Gasteiger charge is 2.21. The van der Waals surface area contributed by atoms with Crippen molar-refractivity contribution in [2.24, 2.45) is 0 Å². The molecule has 0 saturated carbocycles. The third kappa shape index (κ3) is 4.50. The van der Waals surface area contributed by atoms with Crippen LogP contribution in [0.1, 0.15) is 36.0 Å². The minimum atomic E-state index is -2.29. The second-order valence-corrected chi connectivity index (χ2v) is 6.06. The lowest BCUT2D eigenvalue weighted by molar-refractivity contribution is 0.0720. The molecule has 0 N–H and O–H groups in total. The van der Waals surface area contributed by atoms with Crippen LogP contribution in [0.5, 0.6) is 0 Å². The van der Waals surface area contributed by atoms with Gasteiger partial charge in [-0.15, -0.1) is 11.8 Å². The van der Waals surface area contributed by atoms with Crippen LogP contribution in [0.3, 0.4) is 0 Å². The largest absolute Gasteiger partial charge is 0.339 e. The van der Waals surface area contributed by atoms with Gasteiger partial charge in [0, 0.05) is 31.5 Å². The number of allylic oxidation sites excluding steroid dienone is 1. The second-order valence-electron chi connectivity index (χ2n) is 4.97. The summed E-state index contributed by atoms with van der Waals surface area (Å²) in [5, 5.41) is 0.463. The summed E-state index contributed by atoms with van der Waals surface area (Å²) in [6, 6.07) is 3.34. The molecule has 22 heavy (non-hydrogen) atoms. The first-order valence-electron chi connectivity index (χ1n) is 7.16. The number of hydrogen-bond donors (Lipinski definition) is 0. The standard InChI is InChI=1S/C15H17F3N2OS/c16-12(13(17)18)6-10-22-14-11(5-4-7-19-14)15(21)20-8-2-1-3-9-20/h4-5,7H,1-3,6,8-10H2. The number of carbonyl (C=O) groups excluding carboxylic acids is 1. The Hall–Kier alpha value is -1.50. The van der Waals surface area contributed by atoms with Crippen molar-refractivity contribution in [1.29, 1.82) is 0 Å². The molecule has 1 aromatic rings. The van der Waals surface area contributed by atoms with Crippen LogP contribution in [-0.4, -0.2) is 34.6 Å². The molecule has 0 aromatic carbocycles. The number of halogens is 3. The van der Waals surface area contributed by atoms with Gasteiger partial charge >= 0.3 is 6.08 Å². The van der Waals surface area contributed by atoms with Gasteiger partial charge in [0.15, 0.2) is 5.83 Å². The third-order valence-electron chi connectivity index (χ3n) is 3.41. The molecule has 1 aliphatic heterocycles. The molecule has 2 rings (SSSR count). The lowest BCUT2D eigenvalue weighted by Crippen LogP contribution is -2.35. The summed E-state index contributed by atoms with van der Waals surface area (Å²) in [4.78, 5) is 18.4. The summed E-state index contributed by atoms with van der Waals surface area (Å²) in [5.41, 5.74) is 0.458. The molecule has 3 nitrogen and oxygen atoms in total. The van der Waals surface area contributed by atoms with Crippen molar-refractivity contribution in [2.75, 3.05) is 18.8 Å². The summed E-state index contributed by atoms with van der Waals surface area (Å²) in [5.74, 6) is -1.39. The molecular formula is C15H17F3N2OS. The SMILES string of the molecule is O=C(c1cccnc1SCCC(F)=C(F)F)N1CCCCC1. The van der Waals surface area contributed by atoms with Gasteiger partial charge in [0.1, 0.15) is 5.03 Å². The molecule has 0 radical (unpaired) electrons. The van der Waals surface area contributed by atoms with Gasteiger partial charge in [-0.05, 0) is 31.4 Å². The Morgan fingerprint density at radius 2 is 1.95 bits per heavy atom. The number of nitrogens with zero attached hydrogens (tertiary/aromatic N) is 2. The fourth-order valence-corrected chi connectivity index (χ4v) is 3.19. The Labute approximate surface area is 131 Å². The highest BCUT2D eigenvalue weighted by molar-refractivity contribution is 7.99. The molecular weight excluding hydrogens is 313 g/mol. The van der Waals surface area contributed by atoms with Gasteiger partial charge in [-0.3, -0.25) is 4.79 Å². The maximum absolute atomic E-state index is 12.8. The Morgan fingerprint density at radius 1 is 1.23 bits per heavy atom. The van der Waals surface area contributed by atoms with Gasteiger partial charge in [-0.2, -0.15) is 8.78 Å². The first kappa shape index (κ1) is 16.9. The van der Waals surface area contributed by atoms with E-state index >= 15 is 0 Å². The summed E-state index contributed by atoms with van der Waals surface area (Å²) < 4.78 is 36.8. The zero-order chi connectivity index (χ0) is 15.9. The molecule has 2 heterocycles. The van der Waals surface area contributed by atoms with Gasteiger partial charge in [-0.25, -0.2) is 9.37 Å². The molecule has 7 heteroatoms. The quantitative estimate of drug-likeness (QED) is 0.756. The predicted molar refractivity (Wildman–Crippen MR) is 79.7 cm³/mol. The van der Waals surface area contributed by atoms with Gasteiger partial charge in [0.05, 0.1) is 5.56 Å². The van der Waals surface area contributed by atoms with E-state index in [1.165, 1.54) is 6.20 Å². The molecule has 0 atom stereocenters. The molecule has 1 saturated heterocycles. The van der Waals surface area contributed by atoms with Crippen molar-refractivity contribution < 1.29 is 18.0 Å². The summed E-state index contributed by atoms with van der Waals surface area (Å²) in [6.45, 7) is 1.45. The van der Waals surface area contributed by atoms with Crippen LogP contribution >= 0.6 is 11.8 Å². The number of likely N-dealkylation sites (tertiary alicyclic amines) is 1. The van der Waals surface area contributed by atoms with Crippen LogP contribution in [0.2, 0.25) is 0 Å². The molecule has 1 aliphatic rings. The second kappa shape index (κ2) is 8.22. The van der Waals surface area contributed by atoms with Crippen molar-refractivity contribution in [1.82, 2.24) is 9.88 Å². The number of thioether (sulfide) groups is 1. The average molecular weight is 330 g/mol. The van der Waals surface area contributed by atoms with Crippen LogP contribution in [0.15, 0.2) is 35.3 Å². The summed E-state index contributed by atoms with van der Waals surface area (Å²) in [6.07, 6.45) is 1.98. The maximum Gasteiger partial charge on any atom is 0.301 e. The lowest BCUT2D eigenvalue weighted by Gasteiger charge is -2.27. The van der Waals surface area contributed by atoms with Crippen molar-refractivity contribution in [2.45, 2.75) is 30.7 Å². The highest BCUT2D eigenvalue weighted by Crippen LogP contribution is 2.25. The number of hydrogen-bond acceptors (Lipinski definition) is 3. The van der Waals surface area contributed by atoms with Crippen molar-refractivity contribution in [3.8, 4) is 0 Å². The van der Waals surface area contributed by atoms with Crippen LogP contribution in [-0.2, 0) is 0 Å². The molecule has 0 aliphatic carbocycles. The summed E-state index contributed by atoms with van der Waals surface area (Å²) >= 11 is 1.12. The van der Waals surface area contributed by atoms with E-state index in [0.29, 0.717) is 10.6 Å². The number of aromatic nitrogens is 1. The smallest absolute Gasteiger partial charge is 0.301 e. The predicted octanol–water partition coefficient (Wildman–Crippen LogP) is 4.27. The lowest BCUT2D eigenvalue weighted by atomic mass is 10.1.